The lowest BCUT2D eigenvalue weighted by molar-refractivity contribution is -0.349. The number of hydrogen-bond donors (Lipinski definition) is 2. The van der Waals surface area contributed by atoms with Crippen LogP contribution in [0.3, 0.4) is 0 Å². The molecule has 2 saturated carbocycles. The van der Waals surface area contributed by atoms with Crippen molar-refractivity contribution < 1.29 is 53.1 Å². The minimum Gasteiger partial charge on any atom is -0.465 e. The van der Waals surface area contributed by atoms with E-state index in [1.807, 2.05) is 6.07 Å². The van der Waals surface area contributed by atoms with E-state index in [1.54, 1.807) is 38.1 Å². The highest BCUT2D eigenvalue weighted by atomic mass is 16.6. The fourth-order valence-corrected chi connectivity index (χ4v) is 7.28. The van der Waals surface area contributed by atoms with Crippen molar-refractivity contribution in [2.45, 2.75) is 95.6 Å². The molecule has 0 aromatic heterocycles. The third-order valence-electron chi connectivity index (χ3n) is 8.67. The lowest BCUT2D eigenvalue weighted by atomic mass is 9.46. The third-order valence-corrected chi connectivity index (χ3v) is 8.67. The zero-order valence-electron chi connectivity index (χ0n) is 24.1. The van der Waals surface area contributed by atoms with Crippen LogP contribution >= 0.6 is 0 Å². The predicted molar refractivity (Wildman–Crippen MR) is 143 cm³/mol. The van der Waals surface area contributed by atoms with Gasteiger partial charge in [-0.25, -0.2) is 4.79 Å². The molecular weight excluding hydrogens is 536 g/mol. The molecule has 8 atom stereocenters. The second-order valence-corrected chi connectivity index (χ2v) is 11.8. The van der Waals surface area contributed by atoms with E-state index >= 15 is 0 Å². The van der Waals surface area contributed by atoms with Gasteiger partial charge in [-0.3, -0.25) is 14.4 Å². The molecule has 1 aromatic carbocycles. The summed E-state index contributed by atoms with van der Waals surface area (Å²) < 4.78 is 29.7. The van der Waals surface area contributed by atoms with Crippen molar-refractivity contribution in [3.05, 3.63) is 42.0 Å². The molecule has 3 fully saturated rings. The Bertz CT molecular complexity index is 1220. The fourth-order valence-electron chi connectivity index (χ4n) is 7.28. The van der Waals surface area contributed by atoms with Gasteiger partial charge in [0.15, 0.2) is 5.60 Å². The fraction of sp³-hybridized carbons (Fsp3) is 0.600. The maximum atomic E-state index is 13.3. The smallest absolute Gasteiger partial charge is 0.331 e. The van der Waals surface area contributed by atoms with Crippen LogP contribution in [-0.4, -0.2) is 81.9 Å². The molecule has 1 saturated heterocycles. The number of hydrogen-bond acceptors (Lipinski definition) is 11. The van der Waals surface area contributed by atoms with Gasteiger partial charge in [0.2, 0.25) is 0 Å². The summed E-state index contributed by atoms with van der Waals surface area (Å²) in [5.41, 5.74) is -6.16. The normalized spacial score (nSPS) is 37.1. The first-order valence-electron chi connectivity index (χ1n) is 13.6. The number of ether oxygens (including phenoxy) is 5. The summed E-state index contributed by atoms with van der Waals surface area (Å²) >= 11 is 0. The maximum Gasteiger partial charge on any atom is 0.331 e. The van der Waals surface area contributed by atoms with Crippen LogP contribution < -0.4 is 0 Å². The van der Waals surface area contributed by atoms with Crippen molar-refractivity contribution in [3.8, 4) is 0 Å². The van der Waals surface area contributed by atoms with E-state index in [0.717, 1.165) is 5.56 Å². The Morgan fingerprint density at radius 1 is 0.951 bits per heavy atom. The van der Waals surface area contributed by atoms with Gasteiger partial charge < -0.3 is 33.9 Å². The summed E-state index contributed by atoms with van der Waals surface area (Å²) in [4.78, 5) is 50.3. The van der Waals surface area contributed by atoms with Gasteiger partial charge in [-0.15, -0.1) is 0 Å². The lowest BCUT2D eigenvalue weighted by Crippen LogP contribution is -2.83. The van der Waals surface area contributed by atoms with Gasteiger partial charge in [0.1, 0.15) is 36.4 Å². The largest absolute Gasteiger partial charge is 0.465 e. The van der Waals surface area contributed by atoms with E-state index in [1.165, 1.54) is 39.8 Å². The topological polar surface area (TPSA) is 155 Å². The zero-order valence-corrected chi connectivity index (χ0v) is 24.1. The summed E-state index contributed by atoms with van der Waals surface area (Å²) in [6, 6.07) is 8.99. The molecule has 1 aromatic rings. The number of aliphatic hydroxyl groups is 2. The highest BCUT2D eigenvalue weighted by Crippen LogP contribution is 2.68. The maximum absolute atomic E-state index is 13.3. The SMILES string of the molecule is CC(=O)OC[C@@]12[C@@H](OC(C)=O)CC[C@](C)(O)C13OC(C)(C)C([C@H]3OC(C)=O)[C@H](O)[C@@H]2OC(=O)/C=C/c1ccccc1. The van der Waals surface area contributed by atoms with Crippen LogP contribution in [0, 0.1) is 11.3 Å². The van der Waals surface area contributed by atoms with Gasteiger partial charge >= 0.3 is 23.9 Å². The van der Waals surface area contributed by atoms with Gasteiger partial charge in [0.25, 0.3) is 0 Å². The first kappa shape index (κ1) is 30.7. The van der Waals surface area contributed by atoms with E-state index < -0.39 is 83.0 Å². The van der Waals surface area contributed by atoms with Crippen LogP contribution in [0.25, 0.3) is 6.08 Å². The van der Waals surface area contributed by atoms with Crippen LogP contribution in [0.1, 0.15) is 59.9 Å². The Hall–Kier alpha value is -3.28. The van der Waals surface area contributed by atoms with Gasteiger partial charge in [-0.05, 0) is 45.3 Å². The summed E-state index contributed by atoms with van der Waals surface area (Å²) in [5.74, 6) is -3.95. The van der Waals surface area contributed by atoms with Crippen molar-refractivity contribution >= 4 is 30.0 Å². The van der Waals surface area contributed by atoms with Gasteiger partial charge in [-0.1, -0.05) is 30.3 Å². The summed E-state index contributed by atoms with van der Waals surface area (Å²) in [6.45, 7) is 7.76. The van der Waals surface area contributed by atoms with E-state index in [-0.39, 0.29) is 12.8 Å². The molecule has 41 heavy (non-hydrogen) atoms. The molecule has 1 heterocycles. The molecule has 0 amide bonds. The van der Waals surface area contributed by atoms with Gasteiger partial charge in [-0.2, -0.15) is 0 Å². The van der Waals surface area contributed by atoms with Crippen molar-refractivity contribution in [2.75, 3.05) is 6.61 Å². The second kappa shape index (κ2) is 10.8. The number of benzene rings is 1. The molecule has 1 aliphatic heterocycles. The summed E-state index contributed by atoms with van der Waals surface area (Å²) in [5, 5.41) is 24.1. The number of aliphatic hydroxyl groups excluding tert-OH is 1. The molecule has 3 aliphatic rings. The Labute approximate surface area is 238 Å². The molecular formula is C30H38O11. The molecule has 2 unspecified atom stereocenters. The summed E-state index contributed by atoms with van der Waals surface area (Å²) in [6.07, 6.45) is -2.77. The average molecular weight is 575 g/mol. The standard InChI is InChI=1S/C30H38O11/c1-17(31)37-16-29-21(38-18(2)32)14-15-28(6,36)30(29)25(39-19(3)33)23(27(4,5)41-30)24(35)26(29)40-22(34)13-12-20-10-8-7-9-11-20/h7-13,21,23-26,35-36H,14-16H2,1-6H3/b13-12+/t21-,23?,24-,25+,26-,28-,29-,30?/m0/s1. The number of carbonyl (C=O) groups is 4. The highest BCUT2D eigenvalue weighted by Gasteiger charge is 2.86. The minimum atomic E-state index is -1.94. The average Bonchev–Trinajstić information content (AvgIpc) is 3.07. The Kier molecular flexibility index (Phi) is 8.12. The molecule has 0 radical (unpaired) electrons. The van der Waals surface area contributed by atoms with Crippen molar-refractivity contribution in [1.29, 1.82) is 0 Å². The van der Waals surface area contributed by atoms with E-state index in [9.17, 15) is 29.4 Å². The van der Waals surface area contributed by atoms with Crippen LogP contribution in [0.4, 0.5) is 0 Å². The number of carbonyl (C=O) groups excluding carboxylic acids is 4. The minimum absolute atomic E-state index is 0.0258. The predicted octanol–water partition coefficient (Wildman–Crippen LogP) is 2.11. The number of fused-ring (bicyclic) bond motifs is 1. The van der Waals surface area contributed by atoms with Gasteiger partial charge in [0.05, 0.1) is 17.1 Å². The van der Waals surface area contributed by atoms with E-state index in [0.29, 0.717) is 0 Å². The van der Waals surface area contributed by atoms with Crippen LogP contribution in [0.2, 0.25) is 0 Å². The summed E-state index contributed by atoms with van der Waals surface area (Å²) in [7, 11) is 0. The van der Waals surface area contributed by atoms with Crippen LogP contribution in [-0.2, 0) is 42.9 Å². The van der Waals surface area contributed by atoms with E-state index in [2.05, 4.69) is 0 Å². The Morgan fingerprint density at radius 2 is 1.59 bits per heavy atom. The molecule has 1 spiro atoms. The molecule has 2 N–H and O–H groups in total. The molecule has 11 heteroatoms. The quantitative estimate of drug-likeness (QED) is 0.279. The number of esters is 4. The number of rotatable bonds is 7. The lowest BCUT2D eigenvalue weighted by Gasteiger charge is -2.65. The Balaban J connectivity index is 1.95. The second-order valence-electron chi connectivity index (χ2n) is 11.8. The monoisotopic (exact) mass is 574 g/mol. The van der Waals surface area contributed by atoms with Crippen molar-refractivity contribution in [2.24, 2.45) is 11.3 Å². The van der Waals surface area contributed by atoms with Crippen LogP contribution in [0.5, 0.6) is 0 Å². The van der Waals surface area contributed by atoms with Gasteiger partial charge in [0, 0.05) is 26.8 Å². The molecule has 4 rings (SSSR count). The molecule has 11 nitrogen and oxygen atoms in total. The van der Waals surface area contributed by atoms with E-state index in [4.69, 9.17) is 23.7 Å². The third kappa shape index (κ3) is 5.04. The van der Waals surface area contributed by atoms with Crippen molar-refractivity contribution in [1.82, 2.24) is 0 Å². The molecule has 2 aliphatic carbocycles. The zero-order chi connectivity index (χ0) is 30.4. The first-order chi connectivity index (χ1) is 19.1. The molecule has 2 bridgehead atoms. The van der Waals surface area contributed by atoms with Crippen LogP contribution in [0.15, 0.2) is 36.4 Å². The molecule has 224 valence electrons. The first-order valence-corrected chi connectivity index (χ1v) is 13.6. The Morgan fingerprint density at radius 3 is 2.17 bits per heavy atom. The highest BCUT2D eigenvalue weighted by molar-refractivity contribution is 5.87. The van der Waals surface area contributed by atoms with Crippen molar-refractivity contribution in [3.63, 3.8) is 0 Å².